The zero-order valence-electron chi connectivity index (χ0n) is 10.3. The molecule has 0 bridgehead atoms. The van der Waals surface area contributed by atoms with Gasteiger partial charge in [-0.15, -0.1) is 0 Å². The molecule has 0 unspecified atom stereocenters. The Bertz CT molecular complexity index is 577. The number of rotatable bonds is 8. The summed E-state index contributed by atoms with van der Waals surface area (Å²) < 4.78 is 44.4. The molecule has 1 aromatic carbocycles. The maximum Gasteiger partial charge on any atom is 0.314 e. The van der Waals surface area contributed by atoms with E-state index in [-0.39, 0.29) is 25.6 Å². The molecule has 0 heterocycles. The Balaban J connectivity index is 2.45. The summed E-state index contributed by atoms with van der Waals surface area (Å²) >= 11 is 0. The normalized spacial score (nSPS) is 11.3. The Morgan fingerprint density at radius 1 is 1.30 bits per heavy atom. The van der Waals surface area contributed by atoms with E-state index in [1.54, 1.807) is 0 Å². The first-order valence-corrected chi connectivity index (χ1v) is 7.17. The average molecular weight is 308 g/mol. The van der Waals surface area contributed by atoms with Gasteiger partial charge in [-0.3, -0.25) is 10.1 Å². The highest BCUT2D eigenvalue weighted by Crippen LogP contribution is 2.29. The van der Waals surface area contributed by atoms with Gasteiger partial charge < -0.3 is 9.47 Å². The van der Waals surface area contributed by atoms with Gasteiger partial charge in [0.2, 0.25) is 15.8 Å². The minimum atomic E-state index is -3.60. The maximum atomic E-state index is 13.4. The van der Waals surface area contributed by atoms with Crippen LogP contribution >= 0.6 is 0 Å². The molecule has 0 aromatic heterocycles. The number of nitro benzene ring substituents is 1. The molecule has 1 rings (SSSR count). The molecule has 1 aromatic rings. The Kier molecular flexibility index (Phi) is 5.80. The third kappa shape index (κ3) is 5.47. The van der Waals surface area contributed by atoms with E-state index in [9.17, 15) is 22.9 Å². The maximum absolute atomic E-state index is 13.4. The average Bonchev–Trinajstić information content (AvgIpc) is 2.33. The number of primary sulfonamides is 1. The molecule has 20 heavy (non-hydrogen) atoms. The van der Waals surface area contributed by atoms with Crippen molar-refractivity contribution in [3.05, 3.63) is 34.1 Å². The van der Waals surface area contributed by atoms with E-state index in [2.05, 4.69) is 0 Å². The van der Waals surface area contributed by atoms with Crippen LogP contribution in [0.15, 0.2) is 18.2 Å². The SMILES string of the molecule is NS(=O)(=O)CCOCCOc1c(F)cccc1[N+](=O)[O-]. The molecule has 0 saturated carbocycles. The van der Waals surface area contributed by atoms with E-state index in [4.69, 9.17) is 14.6 Å². The molecule has 0 radical (unpaired) electrons. The Morgan fingerprint density at radius 2 is 2.00 bits per heavy atom. The summed E-state index contributed by atoms with van der Waals surface area (Å²) in [5.41, 5.74) is -0.491. The zero-order valence-corrected chi connectivity index (χ0v) is 11.1. The summed E-state index contributed by atoms with van der Waals surface area (Å²) in [6, 6.07) is 3.34. The molecule has 8 nitrogen and oxygen atoms in total. The number of sulfonamides is 1. The highest BCUT2D eigenvalue weighted by molar-refractivity contribution is 7.89. The van der Waals surface area contributed by atoms with Crippen LogP contribution in [0.5, 0.6) is 5.75 Å². The summed E-state index contributed by atoms with van der Waals surface area (Å²) in [4.78, 5) is 9.90. The highest BCUT2D eigenvalue weighted by atomic mass is 32.2. The minimum Gasteiger partial charge on any atom is -0.482 e. The van der Waals surface area contributed by atoms with Crippen LogP contribution < -0.4 is 9.88 Å². The summed E-state index contributed by atoms with van der Waals surface area (Å²) in [7, 11) is -3.60. The number of halogens is 1. The largest absolute Gasteiger partial charge is 0.482 e. The number of nitrogens with two attached hydrogens (primary N) is 1. The second kappa shape index (κ2) is 7.12. The minimum absolute atomic E-state index is 0.0546. The Morgan fingerprint density at radius 3 is 2.60 bits per heavy atom. The van der Waals surface area contributed by atoms with Gasteiger partial charge in [-0.05, 0) is 6.07 Å². The molecule has 0 saturated heterocycles. The smallest absolute Gasteiger partial charge is 0.314 e. The van der Waals surface area contributed by atoms with Crippen LogP contribution in [0.25, 0.3) is 0 Å². The fourth-order valence-electron chi connectivity index (χ4n) is 1.26. The predicted molar refractivity (Wildman–Crippen MR) is 67.3 cm³/mol. The van der Waals surface area contributed by atoms with E-state index in [1.807, 2.05) is 0 Å². The molecular formula is C10H13FN2O6S. The molecule has 112 valence electrons. The molecule has 0 aliphatic carbocycles. The Hall–Kier alpha value is -1.78. The Labute approximate surface area is 114 Å². The van der Waals surface area contributed by atoms with Crippen molar-refractivity contribution in [2.24, 2.45) is 5.14 Å². The van der Waals surface area contributed by atoms with Crippen molar-refractivity contribution < 1.29 is 27.2 Å². The predicted octanol–water partition coefficient (Wildman–Crippen LogP) is 0.418. The molecule has 0 aliphatic heterocycles. The van der Waals surface area contributed by atoms with Crippen molar-refractivity contribution in [2.75, 3.05) is 25.6 Å². The van der Waals surface area contributed by atoms with Crippen molar-refractivity contribution in [1.82, 2.24) is 0 Å². The van der Waals surface area contributed by atoms with Crippen molar-refractivity contribution in [3.8, 4) is 5.75 Å². The second-order valence-electron chi connectivity index (χ2n) is 3.67. The molecular weight excluding hydrogens is 295 g/mol. The van der Waals surface area contributed by atoms with E-state index >= 15 is 0 Å². The number of ether oxygens (including phenoxy) is 2. The topological polar surface area (TPSA) is 122 Å². The van der Waals surface area contributed by atoms with Crippen LogP contribution in [0.2, 0.25) is 0 Å². The summed E-state index contributed by atoms with van der Waals surface area (Å²) in [6.07, 6.45) is 0. The quantitative estimate of drug-likeness (QED) is 0.422. The van der Waals surface area contributed by atoms with Crippen LogP contribution in [-0.4, -0.2) is 38.9 Å². The number of benzene rings is 1. The van der Waals surface area contributed by atoms with E-state index in [1.165, 1.54) is 6.07 Å². The molecule has 0 fully saturated rings. The van der Waals surface area contributed by atoms with Gasteiger partial charge in [0.25, 0.3) is 0 Å². The lowest BCUT2D eigenvalue weighted by Gasteiger charge is -2.08. The standard InChI is InChI=1S/C10H13FN2O6S/c11-8-2-1-3-9(13(14)15)10(8)19-5-4-18-6-7-20(12,16)17/h1-3H,4-7H2,(H2,12,16,17). The lowest BCUT2D eigenvalue weighted by Crippen LogP contribution is -2.21. The summed E-state index contributed by atoms with van der Waals surface area (Å²) in [5, 5.41) is 15.4. The van der Waals surface area contributed by atoms with Gasteiger partial charge in [-0.2, -0.15) is 0 Å². The molecule has 2 N–H and O–H groups in total. The van der Waals surface area contributed by atoms with Gasteiger partial charge in [-0.25, -0.2) is 17.9 Å². The molecule has 0 atom stereocenters. The number of para-hydroxylation sites is 1. The molecule has 0 spiro atoms. The van der Waals surface area contributed by atoms with Gasteiger partial charge in [0.05, 0.1) is 23.9 Å². The van der Waals surface area contributed by atoms with Crippen molar-refractivity contribution in [1.29, 1.82) is 0 Å². The first-order chi connectivity index (χ1) is 9.31. The summed E-state index contributed by atoms with van der Waals surface area (Å²) in [5.74, 6) is -1.69. The number of nitro groups is 1. The van der Waals surface area contributed by atoms with Crippen LogP contribution in [0, 0.1) is 15.9 Å². The van der Waals surface area contributed by atoms with Crippen molar-refractivity contribution in [3.63, 3.8) is 0 Å². The zero-order chi connectivity index (χ0) is 15.2. The number of hydrogen-bond donors (Lipinski definition) is 1. The third-order valence-electron chi connectivity index (χ3n) is 2.13. The van der Waals surface area contributed by atoms with Gasteiger partial charge in [0, 0.05) is 6.07 Å². The van der Waals surface area contributed by atoms with Crippen LogP contribution in [0.3, 0.4) is 0 Å². The van der Waals surface area contributed by atoms with Gasteiger partial charge >= 0.3 is 5.69 Å². The fraction of sp³-hybridized carbons (Fsp3) is 0.400. The number of nitrogens with zero attached hydrogens (tertiary/aromatic N) is 1. The first kappa shape index (κ1) is 16.3. The third-order valence-corrected chi connectivity index (χ3v) is 2.86. The monoisotopic (exact) mass is 308 g/mol. The van der Waals surface area contributed by atoms with Crippen molar-refractivity contribution in [2.45, 2.75) is 0 Å². The molecule has 0 aliphatic rings. The van der Waals surface area contributed by atoms with Crippen LogP contribution in [0.1, 0.15) is 0 Å². The lowest BCUT2D eigenvalue weighted by atomic mass is 10.3. The van der Waals surface area contributed by atoms with Gasteiger partial charge in [0.15, 0.2) is 5.82 Å². The molecule has 10 heteroatoms. The van der Waals surface area contributed by atoms with E-state index in [0.717, 1.165) is 12.1 Å². The summed E-state index contributed by atoms with van der Waals surface area (Å²) in [6.45, 7) is -0.352. The van der Waals surface area contributed by atoms with Crippen molar-refractivity contribution >= 4 is 15.7 Å². The van der Waals surface area contributed by atoms with Gasteiger partial charge in [-0.1, -0.05) is 6.07 Å². The fourth-order valence-corrected chi connectivity index (χ4v) is 1.61. The number of hydrogen-bond acceptors (Lipinski definition) is 6. The van der Waals surface area contributed by atoms with E-state index < -0.39 is 32.2 Å². The molecule has 0 amide bonds. The van der Waals surface area contributed by atoms with Gasteiger partial charge in [0.1, 0.15) is 6.61 Å². The second-order valence-corrected chi connectivity index (χ2v) is 5.41. The highest BCUT2D eigenvalue weighted by Gasteiger charge is 2.19. The van der Waals surface area contributed by atoms with Crippen LogP contribution in [0.4, 0.5) is 10.1 Å². The van der Waals surface area contributed by atoms with E-state index in [0.29, 0.717) is 0 Å². The lowest BCUT2D eigenvalue weighted by molar-refractivity contribution is -0.386. The van der Waals surface area contributed by atoms with Crippen LogP contribution in [-0.2, 0) is 14.8 Å². The first-order valence-electron chi connectivity index (χ1n) is 5.45.